The molecule has 1 unspecified atom stereocenters. The van der Waals surface area contributed by atoms with Crippen molar-refractivity contribution in [3.63, 3.8) is 0 Å². The van der Waals surface area contributed by atoms with E-state index in [1.54, 1.807) is 0 Å². The average molecular weight is 273 g/mol. The monoisotopic (exact) mass is 273 g/mol. The molecular weight excluding hydrogens is 253 g/mol. The molecule has 19 heavy (non-hydrogen) atoms. The minimum atomic E-state index is -1.87. The number of hydrogen-bond donors (Lipinski definition) is 0. The maximum atomic E-state index is 12.4. The first-order valence-electron chi connectivity index (χ1n) is 6.71. The molecule has 0 aromatic heterocycles. The fourth-order valence-corrected chi connectivity index (χ4v) is 3.47. The zero-order valence-electron chi connectivity index (χ0n) is 11.5. The second kappa shape index (κ2) is 6.58. The lowest BCUT2D eigenvalue weighted by Gasteiger charge is -2.21. The first kappa shape index (κ1) is 13.9. The van der Waals surface area contributed by atoms with Crippen LogP contribution in [0.25, 0.3) is 0 Å². The van der Waals surface area contributed by atoms with E-state index in [4.69, 9.17) is 0 Å². The molecule has 0 fully saturated rings. The van der Waals surface area contributed by atoms with Gasteiger partial charge in [-0.2, -0.15) is 0 Å². The van der Waals surface area contributed by atoms with Crippen LogP contribution in [0.3, 0.4) is 0 Å². The summed E-state index contributed by atoms with van der Waals surface area (Å²) in [6.45, 7) is 6.27. The maximum absolute atomic E-state index is 12.4. The van der Waals surface area contributed by atoms with Crippen LogP contribution in [0.4, 0.5) is 5.69 Å². The van der Waals surface area contributed by atoms with E-state index in [0.29, 0.717) is 0 Å². The van der Waals surface area contributed by atoms with Crippen LogP contribution < -0.4 is 15.5 Å². The highest BCUT2D eigenvalue weighted by atomic mass is 31.1. The van der Waals surface area contributed by atoms with Gasteiger partial charge in [0.15, 0.2) is 0 Å². The molecule has 2 aromatic carbocycles. The smallest absolute Gasteiger partial charge is 0.131 e. The van der Waals surface area contributed by atoms with Crippen molar-refractivity contribution in [3.05, 3.63) is 54.6 Å². The molecule has 2 rings (SSSR count). The zero-order valence-corrected chi connectivity index (χ0v) is 12.5. The largest absolute Gasteiger partial charge is 0.372 e. The van der Waals surface area contributed by atoms with Crippen LogP contribution in [0.2, 0.25) is 0 Å². The number of rotatable bonds is 5. The van der Waals surface area contributed by atoms with Gasteiger partial charge in [0.05, 0.1) is 0 Å². The summed E-state index contributed by atoms with van der Waals surface area (Å²) in [5.74, 6) is 0. The third kappa shape index (κ3) is 3.27. The highest BCUT2D eigenvalue weighted by molar-refractivity contribution is 7.61. The predicted octanol–water partition coefficient (Wildman–Crippen LogP) is 3.04. The Hall–Kier alpha value is -1.53. The quantitative estimate of drug-likeness (QED) is 0.780. The Morgan fingerprint density at radius 1 is 0.842 bits per heavy atom. The third-order valence-electron chi connectivity index (χ3n) is 3.29. The lowest BCUT2D eigenvalue weighted by molar-refractivity contribution is 0.598. The molecular formula is C16H20NOP. The molecule has 0 aliphatic rings. The fourth-order valence-electron chi connectivity index (χ4n) is 2.17. The SMILES string of the molecule is CCN(CC)c1ccc([PH](=O)c2ccccc2)cc1. The summed E-state index contributed by atoms with van der Waals surface area (Å²) < 4.78 is 12.4. The van der Waals surface area contributed by atoms with Crippen molar-refractivity contribution in [2.75, 3.05) is 18.0 Å². The standard InChI is InChI=1S/C16H20NOP/c1-3-17(4-2)14-10-12-16(13-11-14)19(18)15-8-6-5-7-9-15/h5-13,19H,3-4H2,1-2H3. The highest BCUT2D eigenvalue weighted by Gasteiger charge is 2.07. The van der Waals surface area contributed by atoms with Gasteiger partial charge in [-0.15, -0.1) is 0 Å². The topological polar surface area (TPSA) is 20.3 Å². The second-order valence-corrected chi connectivity index (χ2v) is 6.23. The summed E-state index contributed by atoms with van der Waals surface area (Å²) >= 11 is 0. The van der Waals surface area contributed by atoms with Gasteiger partial charge >= 0.3 is 0 Å². The maximum Gasteiger partial charge on any atom is 0.131 e. The molecule has 0 bridgehead atoms. The van der Waals surface area contributed by atoms with Gasteiger partial charge in [-0.1, -0.05) is 30.3 Å². The molecule has 0 amide bonds. The van der Waals surface area contributed by atoms with Crippen molar-refractivity contribution >= 4 is 24.1 Å². The summed E-state index contributed by atoms with van der Waals surface area (Å²) in [6, 6.07) is 17.8. The lowest BCUT2D eigenvalue weighted by atomic mass is 10.3. The van der Waals surface area contributed by atoms with Crippen LogP contribution in [0.15, 0.2) is 54.6 Å². The Balaban J connectivity index is 2.21. The first-order valence-corrected chi connectivity index (χ1v) is 8.11. The van der Waals surface area contributed by atoms with Gasteiger partial charge in [0.2, 0.25) is 0 Å². The summed E-state index contributed by atoms with van der Waals surface area (Å²) in [4.78, 5) is 2.28. The van der Waals surface area contributed by atoms with Gasteiger partial charge in [-0.25, -0.2) is 0 Å². The number of nitrogens with zero attached hydrogens (tertiary/aromatic N) is 1. The van der Waals surface area contributed by atoms with Crippen LogP contribution in [-0.2, 0) is 4.57 Å². The Labute approximate surface area is 115 Å². The lowest BCUT2D eigenvalue weighted by Crippen LogP contribution is -2.22. The van der Waals surface area contributed by atoms with Gasteiger partial charge < -0.3 is 9.46 Å². The molecule has 1 atom stereocenters. The van der Waals surface area contributed by atoms with Gasteiger partial charge in [0.1, 0.15) is 7.80 Å². The molecule has 0 heterocycles. The van der Waals surface area contributed by atoms with Crippen LogP contribution in [0, 0.1) is 0 Å². The molecule has 0 aliphatic carbocycles. The summed E-state index contributed by atoms with van der Waals surface area (Å²) in [6.07, 6.45) is 0. The summed E-state index contributed by atoms with van der Waals surface area (Å²) in [5.41, 5.74) is 1.19. The van der Waals surface area contributed by atoms with E-state index >= 15 is 0 Å². The summed E-state index contributed by atoms with van der Waals surface area (Å²) in [7, 11) is -1.87. The molecule has 0 spiro atoms. The van der Waals surface area contributed by atoms with E-state index in [1.165, 1.54) is 5.69 Å². The van der Waals surface area contributed by atoms with Gasteiger partial charge in [-0.3, -0.25) is 0 Å². The Morgan fingerprint density at radius 2 is 1.37 bits per heavy atom. The van der Waals surface area contributed by atoms with Crippen molar-refractivity contribution in [2.24, 2.45) is 0 Å². The van der Waals surface area contributed by atoms with Crippen LogP contribution in [0.1, 0.15) is 13.8 Å². The molecule has 0 aliphatic heterocycles. The second-order valence-electron chi connectivity index (χ2n) is 4.41. The van der Waals surface area contributed by atoms with Gasteiger partial charge in [0.25, 0.3) is 0 Å². The molecule has 0 radical (unpaired) electrons. The van der Waals surface area contributed by atoms with Crippen molar-refractivity contribution in [3.8, 4) is 0 Å². The molecule has 2 nitrogen and oxygen atoms in total. The fraction of sp³-hybridized carbons (Fsp3) is 0.250. The van der Waals surface area contributed by atoms with E-state index < -0.39 is 7.80 Å². The van der Waals surface area contributed by atoms with Gasteiger partial charge in [-0.05, 0) is 38.1 Å². The van der Waals surface area contributed by atoms with E-state index in [2.05, 4.69) is 30.9 Å². The average Bonchev–Trinajstić information content (AvgIpc) is 2.49. The van der Waals surface area contributed by atoms with Gasteiger partial charge in [0, 0.05) is 29.4 Å². The van der Waals surface area contributed by atoms with Crippen LogP contribution in [-0.4, -0.2) is 13.1 Å². The number of anilines is 1. The molecule has 3 heteroatoms. The number of benzene rings is 2. The van der Waals surface area contributed by atoms with Crippen LogP contribution >= 0.6 is 7.80 Å². The Bertz CT molecular complexity index is 532. The number of hydrogen-bond acceptors (Lipinski definition) is 2. The Morgan fingerprint density at radius 3 is 1.89 bits per heavy atom. The van der Waals surface area contributed by atoms with Crippen molar-refractivity contribution < 1.29 is 4.57 Å². The Kier molecular flexibility index (Phi) is 4.81. The molecule has 0 saturated heterocycles. The first-order chi connectivity index (χ1) is 9.26. The summed E-state index contributed by atoms with van der Waals surface area (Å²) in [5, 5.41) is 1.84. The predicted molar refractivity (Wildman–Crippen MR) is 84.7 cm³/mol. The normalized spacial score (nSPS) is 12.1. The van der Waals surface area contributed by atoms with E-state index in [-0.39, 0.29) is 0 Å². The van der Waals surface area contributed by atoms with Crippen molar-refractivity contribution in [2.45, 2.75) is 13.8 Å². The highest BCUT2D eigenvalue weighted by Crippen LogP contribution is 2.21. The van der Waals surface area contributed by atoms with Crippen molar-refractivity contribution in [1.29, 1.82) is 0 Å². The molecule has 0 saturated carbocycles. The molecule has 2 aromatic rings. The zero-order chi connectivity index (χ0) is 13.7. The third-order valence-corrected chi connectivity index (χ3v) is 5.01. The minimum Gasteiger partial charge on any atom is -0.372 e. The minimum absolute atomic E-state index is 0.920. The van der Waals surface area contributed by atoms with E-state index in [0.717, 1.165) is 23.7 Å². The van der Waals surface area contributed by atoms with Crippen molar-refractivity contribution in [1.82, 2.24) is 0 Å². The molecule has 0 N–H and O–H groups in total. The van der Waals surface area contributed by atoms with E-state index in [9.17, 15) is 4.57 Å². The molecule has 100 valence electrons. The van der Waals surface area contributed by atoms with Crippen LogP contribution in [0.5, 0.6) is 0 Å². The van der Waals surface area contributed by atoms with E-state index in [1.807, 2.05) is 42.5 Å².